The van der Waals surface area contributed by atoms with Gasteiger partial charge < -0.3 is 20.1 Å². The molecular weight excluding hydrogens is 220 g/mol. The molecule has 0 bridgehead atoms. The van der Waals surface area contributed by atoms with Crippen molar-refractivity contribution in [1.82, 2.24) is 10.2 Å². The lowest BCUT2D eigenvalue weighted by molar-refractivity contribution is 0.0496. The zero-order valence-electron chi connectivity index (χ0n) is 10.4. The first kappa shape index (κ1) is 12.6. The molecule has 5 nitrogen and oxygen atoms in total. The minimum Gasteiger partial charge on any atom is -0.396 e. The summed E-state index contributed by atoms with van der Waals surface area (Å²) in [5.74, 6) is 0. The molecule has 0 aromatic rings. The number of nitrogens with zero attached hydrogens (tertiary/aromatic N) is 1. The number of rotatable bonds is 2. The van der Waals surface area contributed by atoms with Gasteiger partial charge in [0.2, 0.25) is 0 Å². The van der Waals surface area contributed by atoms with Crippen molar-refractivity contribution in [1.29, 1.82) is 0 Å². The van der Waals surface area contributed by atoms with Gasteiger partial charge >= 0.3 is 6.03 Å². The molecule has 0 spiro atoms. The summed E-state index contributed by atoms with van der Waals surface area (Å²) < 4.78 is 5.22. The molecule has 1 aliphatic carbocycles. The van der Waals surface area contributed by atoms with Gasteiger partial charge in [-0.1, -0.05) is 13.3 Å². The fourth-order valence-corrected chi connectivity index (χ4v) is 2.68. The Labute approximate surface area is 102 Å². The van der Waals surface area contributed by atoms with E-state index in [1.807, 2.05) is 6.92 Å². The van der Waals surface area contributed by atoms with Crippen molar-refractivity contribution in [2.75, 3.05) is 32.9 Å². The Hall–Kier alpha value is -0.810. The molecular formula is C12H22N2O3. The van der Waals surface area contributed by atoms with Crippen LogP contribution in [0.2, 0.25) is 0 Å². The number of nitrogens with one attached hydrogen (secondary N) is 1. The zero-order chi connectivity index (χ0) is 12.3. The third-order valence-electron chi connectivity index (χ3n) is 4.04. The van der Waals surface area contributed by atoms with Gasteiger partial charge in [-0.05, 0) is 12.8 Å². The Kier molecular flexibility index (Phi) is 3.89. The van der Waals surface area contributed by atoms with Crippen molar-refractivity contribution in [3.8, 4) is 0 Å². The van der Waals surface area contributed by atoms with Crippen LogP contribution in [0.15, 0.2) is 0 Å². The molecule has 1 saturated heterocycles. The minimum atomic E-state index is -0.151. The van der Waals surface area contributed by atoms with Crippen molar-refractivity contribution < 1.29 is 14.6 Å². The van der Waals surface area contributed by atoms with E-state index in [9.17, 15) is 9.90 Å². The molecule has 2 amide bonds. The molecule has 2 aliphatic rings. The predicted molar refractivity (Wildman–Crippen MR) is 63.8 cm³/mol. The summed E-state index contributed by atoms with van der Waals surface area (Å²) in [6, 6.07) is 0.0859. The van der Waals surface area contributed by atoms with Crippen molar-refractivity contribution >= 4 is 6.03 Å². The van der Waals surface area contributed by atoms with E-state index in [-0.39, 0.29) is 24.1 Å². The van der Waals surface area contributed by atoms with E-state index in [0.29, 0.717) is 26.3 Å². The Bertz CT molecular complexity index is 279. The molecule has 0 aromatic carbocycles. The monoisotopic (exact) mass is 242 g/mol. The van der Waals surface area contributed by atoms with E-state index in [2.05, 4.69) is 5.32 Å². The van der Waals surface area contributed by atoms with Gasteiger partial charge in [0.15, 0.2) is 0 Å². The second-order valence-electron chi connectivity index (χ2n) is 5.31. The van der Waals surface area contributed by atoms with Crippen LogP contribution in [0, 0.1) is 5.41 Å². The smallest absolute Gasteiger partial charge is 0.317 e. The first-order chi connectivity index (χ1) is 8.15. The van der Waals surface area contributed by atoms with Crippen molar-refractivity contribution in [2.45, 2.75) is 32.2 Å². The maximum absolute atomic E-state index is 12.0. The quantitative estimate of drug-likeness (QED) is 0.744. The third-order valence-corrected chi connectivity index (χ3v) is 4.04. The standard InChI is InChI=1S/C12H22N2O3/c1-12(9-15)4-2-3-10(12)13-11(16)14-5-7-17-8-6-14/h10,15H,2-9H2,1H3,(H,13,16). The maximum atomic E-state index is 12.0. The van der Waals surface area contributed by atoms with Crippen LogP contribution in [-0.4, -0.2) is 55.0 Å². The van der Waals surface area contributed by atoms with E-state index < -0.39 is 0 Å². The van der Waals surface area contributed by atoms with Crippen molar-refractivity contribution in [2.24, 2.45) is 5.41 Å². The van der Waals surface area contributed by atoms with Crippen LogP contribution in [0.3, 0.4) is 0 Å². The molecule has 2 atom stereocenters. The third kappa shape index (κ3) is 2.72. The summed E-state index contributed by atoms with van der Waals surface area (Å²) >= 11 is 0. The molecule has 17 heavy (non-hydrogen) atoms. The number of carbonyl (C=O) groups excluding carboxylic acids is 1. The number of morpholine rings is 1. The molecule has 2 fully saturated rings. The molecule has 1 aliphatic heterocycles. The van der Waals surface area contributed by atoms with E-state index in [4.69, 9.17) is 4.74 Å². The van der Waals surface area contributed by atoms with Crippen LogP contribution in [0.25, 0.3) is 0 Å². The number of hydrogen-bond acceptors (Lipinski definition) is 3. The first-order valence-corrected chi connectivity index (χ1v) is 6.40. The number of urea groups is 1. The fourth-order valence-electron chi connectivity index (χ4n) is 2.68. The number of amides is 2. The molecule has 5 heteroatoms. The van der Waals surface area contributed by atoms with E-state index >= 15 is 0 Å². The summed E-state index contributed by atoms with van der Waals surface area (Å²) in [5.41, 5.74) is -0.151. The molecule has 98 valence electrons. The maximum Gasteiger partial charge on any atom is 0.317 e. The molecule has 2 N–H and O–H groups in total. The first-order valence-electron chi connectivity index (χ1n) is 6.40. The van der Waals surface area contributed by atoms with Gasteiger partial charge in [0.25, 0.3) is 0 Å². The number of aliphatic hydroxyl groups excluding tert-OH is 1. The van der Waals surface area contributed by atoms with Gasteiger partial charge in [0.1, 0.15) is 0 Å². The summed E-state index contributed by atoms with van der Waals surface area (Å²) in [5, 5.41) is 12.5. The highest BCUT2D eigenvalue weighted by Crippen LogP contribution is 2.37. The molecule has 2 rings (SSSR count). The number of hydrogen-bond donors (Lipinski definition) is 2. The van der Waals surface area contributed by atoms with E-state index in [1.165, 1.54) is 0 Å². The summed E-state index contributed by atoms with van der Waals surface area (Å²) in [6.45, 7) is 4.75. The average molecular weight is 242 g/mol. The van der Waals surface area contributed by atoms with Gasteiger partial charge in [-0.15, -0.1) is 0 Å². The van der Waals surface area contributed by atoms with Gasteiger partial charge in [-0.25, -0.2) is 4.79 Å². The highest BCUT2D eigenvalue weighted by Gasteiger charge is 2.39. The van der Waals surface area contributed by atoms with E-state index in [0.717, 1.165) is 19.3 Å². The molecule has 0 aromatic heterocycles. The van der Waals surface area contributed by atoms with E-state index in [1.54, 1.807) is 4.90 Å². The van der Waals surface area contributed by atoms with Gasteiger partial charge in [-0.3, -0.25) is 0 Å². The average Bonchev–Trinajstić information content (AvgIpc) is 2.73. The normalized spacial score (nSPS) is 33.8. The van der Waals surface area contributed by atoms with Crippen molar-refractivity contribution in [3.05, 3.63) is 0 Å². The largest absolute Gasteiger partial charge is 0.396 e. The molecule has 1 heterocycles. The SMILES string of the molecule is CC1(CO)CCCC1NC(=O)N1CCOCC1. The summed E-state index contributed by atoms with van der Waals surface area (Å²) in [6.07, 6.45) is 3.02. The van der Waals surface area contributed by atoms with Crippen LogP contribution in [0.4, 0.5) is 4.79 Å². The highest BCUT2D eigenvalue weighted by molar-refractivity contribution is 5.74. The molecule has 1 saturated carbocycles. The number of ether oxygens (including phenoxy) is 1. The second-order valence-corrected chi connectivity index (χ2v) is 5.31. The summed E-state index contributed by atoms with van der Waals surface area (Å²) in [7, 11) is 0. The van der Waals surface area contributed by atoms with Crippen LogP contribution < -0.4 is 5.32 Å². The van der Waals surface area contributed by atoms with Crippen LogP contribution >= 0.6 is 0 Å². The Morgan fingerprint density at radius 2 is 2.24 bits per heavy atom. The number of carbonyl (C=O) groups is 1. The van der Waals surface area contributed by atoms with Crippen LogP contribution in [0.1, 0.15) is 26.2 Å². The molecule has 2 unspecified atom stereocenters. The minimum absolute atomic E-state index is 0.0140. The summed E-state index contributed by atoms with van der Waals surface area (Å²) in [4.78, 5) is 13.8. The lowest BCUT2D eigenvalue weighted by atomic mass is 9.86. The van der Waals surface area contributed by atoms with Crippen LogP contribution in [-0.2, 0) is 4.74 Å². The van der Waals surface area contributed by atoms with Gasteiger partial charge in [0.05, 0.1) is 19.8 Å². The fraction of sp³-hybridized carbons (Fsp3) is 0.917. The Morgan fingerprint density at radius 3 is 2.88 bits per heavy atom. The second kappa shape index (κ2) is 5.23. The molecule has 0 radical (unpaired) electrons. The van der Waals surface area contributed by atoms with Gasteiger partial charge in [0, 0.05) is 24.5 Å². The highest BCUT2D eigenvalue weighted by atomic mass is 16.5. The van der Waals surface area contributed by atoms with Crippen molar-refractivity contribution in [3.63, 3.8) is 0 Å². The zero-order valence-corrected chi connectivity index (χ0v) is 10.4. The topological polar surface area (TPSA) is 61.8 Å². The van der Waals surface area contributed by atoms with Gasteiger partial charge in [-0.2, -0.15) is 0 Å². The van der Waals surface area contributed by atoms with Crippen LogP contribution in [0.5, 0.6) is 0 Å². The predicted octanol–water partition coefficient (Wildman–Crippen LogP) is 0.579. The Morgan fingerprint density at radius 1 is 1.53 bits per heavy atom. The lowest BCUT2D eigenvalue weighted by Gasteiger charge is -2.33. The number of aliphatic hydroxyl groups is 1. The Balaban J connectivity index is 1.89. The lowest BCUT2D eigenvalue weighted by Crippen LogP contribution is -2.52.